The number of nitrogens with two attached hydrogens (primary N) is 1. The number of alkyl halides is 1. The average Bonchev–Trinajstić information content (AvgIpc) is 2.73. The summed E-state index contributed by atoms with van der Waals surface area (Å²) in [6.45, 7) is 7.24. The third-order valence-electron chi connectivity index (χ3n) is 5.68. The molecule has 0 saturated carbocycles. The summed E-state index contributed by atoms with van der Waals surface area (Å²) in [5, 5.41) is 2.92. The summed E-state index contributed by atoms with van der Waals surface area (Å²) in [5.41, 5.74) is 4.90. The van der Waals surface area contributed by atoms with Gasteiger partial charge in [0, 0.05) is 23.0 Å². The minimum absolute atomic E-state index is 0.0499. The fraction of sp³-hybridized carbons (Fsp3) is 0.318. The van der Waals surface area contributed by atoms with Crippen molar-refractivity contribution < 1.29 is 22.7 Å². The van der Waals surface area contributed by atoms with Crippen molar-refractivity contribution >= 4 is 45.2 Å². The van der Waals surface area contributed by atoms with Gasteiger partial charge in [0.2, 0.25) is 0 Å². The van der Waals surface area contributed by atoms with Gasteiger partial charge < -0.3 is 11.1 Å². The number of halogens is 3. The third-order valence-corrected chi connectivity index (χ3v) is 8.61. The summed E-state index contributed by atoms with van der Waals surface area (Å²) in [6, 6.07) is 5.07. The van der Waals surface area contributed by atoms with E-state index in [9.17, 15) is 22.7 Å². The monoisotopic (exact) mass is 498 g/mol. The van der Waals surface area contributed by atoms with Crippen molar-refractivity contribution in [3.05, 3.63) is 64.7 Å². The van der Waals surface area contributed by atoms with Crippen molar-refractivity contribution in [2.45, 2.75) is 31.1 Å². The third kappa shape index (κ3) is 4.48. The van der Waals surface area contributed by atoms with Crippen LogP contribution in [0.4, 0.5) is 14.5 Å². The highest BCUT2D eigenvalue weighted by molar-refractivity contribution is 8.26. The Kier molecular flexibility index (Phi) is 6.60. The minimum Gasteiger partial charge on any atom is -0.386 e. The lowest BCUT2D eigenvalue weighted by molar-refractivity contribution is 0.102. The first kappa shape index (κ1) is 25.1. The van der Waals surface area contributed by atoms with Crippen LogP contribution in [0.1, 0.15) is 42.4 Å². The maximum atomic E-state index is 14.9. The van der Waals surface area contributed by atoms with Gasteiger partial charge in [0.1, 0.15) is 34.3 Å². The molecule has 0 bridgehead atoms. The van der Waals surface area contributed by atoms with E-state index in [0.717, 1.165) is 6.07 Å². The van der Waals surface area contributed by atoms with Crippen molar-refractivity contribution in [1.29, 1.82) is 0 Å². The Morgan fingerprint density at radius 2 is 2.03 bits per heavy atom. The number of rotatable bonds is 5. The first-order chi connectivity index (χ1) is 15.2. The Balaban J connectivity index is 2.04. The van der Waals surface area contributed by atoms with E-state index in [1.54, 1.807) is 13.0 Å². The lowest BCUT2D eigenvalue weighted by atomic mass is 9.91. The molecule has 0 radical (unpaired) electrons. The van der Waals surface area contributed by atoms with Crippen LogP contribution in [0.5, 0.6) is 0 Å². The number of benzene rings is 1. The van der Waals surface area contributed by atoms with Gasteiger partial charge in [-0.3, -0.25) is 18.9 Å². The molecule has 0 saturated heterocycles. The fourth-order valence-electron chi connectivity index (χ4n) is 3.45. The standard InChI is InChI=1S/C22H25ClF2N4O3S/c1-12(2)15-7-13(23)9-27-18(15)19(30)28-14-5-6-17(25)16(8-14)22(10-24)11-33(31,32)21(3,4)20(26)29-22/h5-9,31-32H,1,10-11H2,2-4H3,(H2,26,29)(H,28,30). The van der Waals surface area contributed by atoms with Crippen molar-refractivity contribution in [3.63, 3.8) is 0 Å². The number of allylic oxidation sites excluding steroid dienone is 1. The SMILES string of the molecule is C=C(C)c1cc(Cl)cnc1C(=O)Nc1ccc(F)c(C2(CF)CS(O)(O)C(C)(C)C(N)=N2)c1. The van der Waals surface area contributed by atoms with E-state index in [1.165, 1.54) is 32.2 Å². The van der Waals surface area contributed by atoms with Gasteiger partial charge in [-0.25, -0.2) is 13.8 Å². The van der Waals surface area contributed by atoms with Crippen LogP contribution in [0.25, 0.3) is 5.57 Å². The normalized spacial score (nSPS) is 22.2. The first-order valence-electron chi connectivity index (χ1n) is 9.84. The molecule has 1 atom stereocenters. The topological polar surface area (TPSA) is 121 Å². The molecule has 1 amide bonds. The number of amides is 1. The van der Waals surface area contributed by atoms with E-state index >= 15 is 0 Å². The Hall–Kier alpha value is -2.53. The maximum Gasteiger partial charge on any atom is 0.274 e. The van der Waals surface area contributed by atoms with Crippen LogP contribution in [-0.2, 0) is 5.54 Å². The zero-order chi connectivity index (χ0) is 24.8. The number of aliphatic imine (C=N–C) groups is 1. The van der Waals surface area contributed by atoms with Gasteiger partial charge in [-0.1, -0.05) is 18.2 Å². The van der Waals surface area contributed by atoms with Crippen LogP contribution in [-0.4, -0.2) is 43.0 Å². The second-order valence-electron chi connectivity index (χ2n) is 8.46. The molecule has 11 heteroatoms. The second kappa shape index (κ2) is 8.68. The highest BCUT2D eigenvalue weighted by Crippen LogP contribution is 2.59. The molecular weight excluding hydrogens is 474 g/mol. The largest absolute Gasteiger partial charge is 0.386 e. The van der Waals surface area contributed by atoms with Gasteiger partial charge in [0.15, 0.2) is 0 Å². The Morgan fingerprint density at radius 1 is 1.36 bits per heavy atom. The van der Waals surface area contributed by atoms with Crippen LogP contribution < -0.4 is 11.1 Å². The number of nitrogens with one attached hydrogen (secondary N) is 1. The summed E-state index contributed by atoms with van der Waals surface area (Å²) in [5.74, 6) is -2.20. The number of hydrogen-bond acceptors (Lipinski definition) is 6. The second-order valence-corrected chi connectivity index (χ2v) is 11.5. The van der Waals surface area contributed by atoms with Crippen molar-refractivity contribution in [2.24, 2.45) is 10.7 Å². The molecule has 33 heavy (non-hydrogen) atoms. The van der Waals surface area contributed by atoms with Crippen molar-refractivity contribution in [1.82, 2.24) is 4.98 Å². The molecule has 2 aromatic rings. The lowest BCUT2D eigenvalue weighted by Crippen LogP contribution is -2.53. The molecule has 1 aromatic heterocycles. The average molecular weight is 499 g/mol. The molecule has 2 heterocycles. The Bertz CT molecular complexity index is 1170. The number of pyridine rings is 1. The molecule has 178 valence electrons. The smallest absolute Gasteiger partial charge is 0.274 e. The number of carbonyl (C=O) groups excluding carboxylic acids is 1. The van der Waals surface area contributed by atoms with Gasteiger partial charge in [-0.05, 0) is 50.6 Å². The minimum atomic E-state index is -3.47. The molecular formula is C22H25ClF2N4O3S. The lowest BCUT2D eigenvalue weighted by Gasteiger charge is -2.53. The van der Waals surface area contributed by atoms with Gasteiger partial charge in [-0.2, -0.15) is 10.6 Å². The quantitative estimate of drug-likeness (QED) is 0.450. The summed E-state index contributed by atoms with van der Waals surface area (Å²) >= 11 is 5.96. The van der Waals surface area contributed by atoms with Gasteiger partial charge in [0.25, 0.3) is 5.91 Å². The zero-order valence-corrected chi connectivity index (χ0v) is 19.9. The predicted molar refractivity (Wildman–Crippen MR) is 129 cm³/mol. The number of anilines is 1. The molecule has 1 unspecified atom stereocenters. The molecule has 3 rings (SSSR count). The van der Waals surface area contributed by atoms with E-state index < -0.39 is 45.0 Å². The number of aromatic nitrogens is 1. The summed E-state index contributed by atoms with van der Waals surface area (Å²) in [6.07, 6.45) is 1.31. The zero-order valence-electron chi connectivity index (χ0n) is 18.3. The molecule has 0 fully saturated rings. The first-order valence-corrected chi connectivity index (χ1v) is 11.9. The molecule has 7 nitrogen and oxygen atoms in total. The number of nitrogens with zero attached hydrogens (tertiary/aromatic N) is 2. The molecule has 5 N–H and O–H groups in total. The van der Waals surface area contributed by atoms with E-state index in [0.29, 0.717) is 16.2 Å². The Labute approximate surface area is 197 Å². The maximum absolute atomic E-state index is 14.9. The summed E-state index contributed by atoms with van der Waals surface area (Å²) in [7, 11) is -3.47. The van der Waals surface area contributed by atoms with Gasteiger partial charge >= 0.3 is 0 Å². The molecule has 0 spiro atoms. The van der Waals surface area contributed by atoms with Gasteiger partial charge in [0.05, 0.1) is 10.8 Å². The van der Waals surface area contributed by atoms with Crippen LogP contribution >= 0.6 is 22.2 Å². The molecule has 1 aliphatic heterocycles. The van der Waals surface area contributed by atoms with E-state index in [4.69, 9.17) is 17.3 Å². The highest BCUT2D eigenvalue weighted by Gasteiger charge is 2.51. The van der Waals surface area contributed by atoms with Crippen LogP contribution in [0.15, 0.2) is 42.0 Å². The Morgan fingerprint density at radius 3 is 2.61 bits per heavy atom. The summed E-state index contributed by atoms with van der Waals surface area (Å²) < 4.78 is 49.2. The molecule has 1 aromatic carbocycles. The van der Waals surface area contributed by atoms with E-state index in [2.05, 4.69) is 21.9 Å². The number of amidine groups is 1. The van der Waals surface area contributed by atoms with Crippen LogP contribution in [0.2, 0.25) is 5.02 Å². The van der Waals surface area contributed by atoms with Crippen molar-refractivity contribution in [2.75, 3.05) is 17.7 Å². The predicted octanol–water partition coefficient (Wildman–Crippen LogP) is 5.22. The van der Waals surface area contributed by atoms with E-state index in [1.807, 2.05) is 0 Å². The fourth-order valence-corrected chi connectivity index (χ4v) is 5.31. The number of hydrogen-bond donors (Lipinski definition) is 4. The van der Waals surface area contributed by atoms with Crippen LogP contribution in [0.3, 0.4) is 0 Å². The van der Waals surface area contributed by atoms with Gasteiger partial charge in [-0.15, -0.1) is 0 Å². The highest BCUT2D eigenvalue weighted by atomic mass is 35.5. The molecule has 0 aliphatic carbocycles. The van der Waals surface area contributed by atoms with E-state index in [-0.39, 0.29) is 22.8 Å². The van der Waals surface area contributed by atoms with Crippen LogP contribution in [0, 0.1) is 5.82 Å². The van der Waals surface area contributed by atoms with Crippen molar-refractivity contribution in [3.8, 4) is 0 Å². The summed E-state index contributed by atoms with van der Waals surface area (Å²) in [4.78, 5) is 21.1. The molecule has 1 aliphatic rings. The number of carbonyl (C=O) groups is 1.